The van der Waals surface area contributed by atoms with Crippen molar-refractivity contribution in [1.82, 2.24) is 24.8 Å². The van der Waals surface area contributed by atoms with E-state index in [-0.39, 0.29) is 17.9 Å². The molecule has 1 aliphatic heterocycles. The first-order valence-electron chi connectivity index (χ1n) is 8.49. The third-order valence-electron chi connectivity index (χ3n) is 4.58. The molecular formula is C17H19N7O2S. The third-order valence-corrected chi connectivity index (χ3v) is 5.29. The van der Waals surface area contributed by atoms with Gasteiger partial charge in [-0.1, -0.05) is 0 Å². The summed E-state index contributed by atoms with van der Waals surface area (Å²) in [5.74, 6) is 1.40. The standard InChI is InChI=1S/C17H19N7O2S/c1-10-8-23(16(25)11-3-4-12(26-2)19-7-11)5-6-24(10)14-13-15(27-9-20-13)22-17(18)21-14/h3-4,7,9-10H,5-6,8H2,1-2H3,(H2,18,21,22)/t10-/m0/s1. The third kappa shape index (κ3) is 3.23. The zero-order chi connectivity index (χ0) is 19.0. The number of nitrogen functional groups attached to an aromatic ring is 1. The minimum absolute atomic E-state index is 0.0438. The molecule has 140 valence electrons. The summed E-state index contributed by atoms with van der Waals surface area (Å²) in [7, 11) is 1.55. The summed E-state index contributed by atoms with van der Waals surface area (Å²) in [6.45, 7) is 3.84. The van der Waals surface area contributed by atoms with E-state index in [0.29, 0.717) is 31.1 Å². The van der Waals surface area contributed by atoms with Gasteiger partial charge >= 0.3 is 0 Å². The summed E-state index contributed by atoms with van der Waals surface area (Å²) in [6, 6.07) is 3.48. The number of thiazole rings is 1. The molecule has 0 radical (unpaired) electrons. The van der Waals surface area contributed by atoms with Crippen LogP contribution in [0.2, 0.25) is 0 Å². The Kier molecular flexibility index (Phi) is 4.48. The maximum atomic E-state index is 12.8. The smallest absolute Gasteiger partial charge is 0.255 e. The van der Waals surface area contributed by atoms with Crippen LogP contribution in [0.25, 0.3) is 10.3 Å². The molecule has 0 aliphatic carbocycles. The second-order valence-electron chi connectivity index (χ2n) is 6.29. The van der Waals surface area contributed by atoms with Gasteiger partial charge in [0.15, 0.2) is 10.6 Å². The summed E-state index contributed by atoms with van der Waals surface area (Å²) in [6.07, 6.45) is 1.54. The molecule has 9 nitrogen and oxygen atoms in total. The molecule has 1 aliphatic rings. The lowest BCUT2D eigenvalue weighted by atomic mass is 10.1. The maximum Gasteiger partial charge on any atom is 0.255 e. The van der Waals surface area contributed by atoms with Crippen LogP contribution >= 0.6 is 11.3 Å². The van der Waals surface area contributed by atoms with Crippen LogP contribution in [0, 0.1) is 0 Å². The zero-order valence-corrected chi connectivity index (χ0v) is 15.8. The number of carbonyl (C=O) groups excluding carboxylic acids is 1. The van der Waals surface area contributed by atoms with Crippen LogP contribution in [0.15, 0.2) is 23.8 Å². The molecule has 1 atom stereocenters. The van der Waals surface area contributed by atoms with E-state index in [1.165, 1.54) is 11.3 Å². The Labute approximate surface area is 159 Å². The fourth-order valence-corrected chi connectivity index (χ4v) is 3.89. The summed E-state index contributed by atoms with van der Waals surface area (Å²) in [5.41, 5.74) is 8.90. The van der Waals surface area contributed by atoms with E-state index in [0.717, 1.165) is 16.2 Å². The van der Waals surface area contributed by atoms with Crippen LogP contribution in [0.4, 0.5) is 11.8 Å². The first-order valence-corrected chi connectivity index (χ1v) is 9.37. The number of anilines is 2. The van der Waals surface area contributed by atoms with Crippen molar-refractivity contribution in [3.8, 4) is 5.88 Å². The number of piperazine rings is 1. The predicted molar refractivity (Wildman–Crippen MR) is 103 cm³/mol. The van der Waals surface area contributed by atoms with E-state index < -0.39 is 0 Å². The van der Waals surface area contributed by atoms with Gasteiger partial charge in [0, 0.05) is 37.9 Å². The van der Waals surface area contributed by atoms with Gasteiger partial charge in [-0.15, -0.1) is 11.3 Å². The van der Waals surface area contributed by atoms with E-state index in [4.69, 9.17) is 10.5 Å². The number of nitrogens with zero attached hydrogens (tertiary/aromatic N) is 6. The Balaban J connectivity index is 1.53. The molecular weight excluding hydrogens is 366 g/mol. The number of fused-ring (bicyclic) bond motifs is 1. The number of nitrogens with two attached hydrogens (primary N) is 1. The van der Waals surface area contributed by atoms with Gasteiger partial charge in [0.25, 0.3) is 5.91 Å². The Morgan fingerprint density at radius 2 is 2.15 bits per heavy atom. The highest BCUT2D eigenvalue weighted by atomic mass is 32.1. The van der Waals surface area contributed by atoms with Crippen LogP contribution in [-0.2, 0) is 0 Å². The van der Waals surface area contributed by atoms with Gasteiger partial charge in [-0.3, -0.25) is 4.79 Å². The molecule has 0 unspecified atom stereocenters. The first kappa shape index (κ1) is 17.4. The van der Waals surface area contributed by atoms with Crippen molar-refractivity contribution in [2.75, 3.05) is 37.4 Å². The lowest BCUT2D eigenvalue weighted by Crippen LogP contribution is -2.54. The minimum atomic E-state index is -0.0438. The summed E-state index contributed by atoms with van der Waals surface area (Å²) >= 11 is 1.44. The number of methoxy groups -OCH3 is 1. The average molecular weight is 385 g/mol. The van der Waals surface area contributed by atoms with Gasteiger partial charge in [-0.2, -0.15) is 4.98 Å². The molecule has 27 heavy (non-hydrogen) atoms. The second-order valence-corrected chi connectivity index (χ2v) is 7.13. The van der Waals surface area contributed by atoms with Crippen LogP contribution in [0.5, 0.6) is 5.88 Å². The lowest BCUT2D eigenvalue weighted by Gasteiger charge is -2.40. The molecule has 1 amide bonds. The van der Waals surface area contributed by atoms with Crippen molar-refractivity contribution in [2.45, 2.75) is 13.0 Å². The van der Waals surface area contributed by atoms with Gasteiger partial charge in [0.05, 0.1) is 18.2 Å². The van der Waals surface area contributed by atoms with Crippen molar-refractivity contribution in [3.05, 3.63) is 29.4 Å². The van der Waals surface area contributed by atoms with Crippen LogP contribution < -0.4 is 15.4 Å². The molecule has 0 saturated carbocycles. The zero-order valence-electron chi connectivity index (χ0n) is 15.0. The van der Waals surface area contributed by atoms with Gasteiger partial charge in [-0.05, 0) is 13.0 Å². The molecule has 0 bridgehead atoms. The largest absolute Gasteiger partial charge is 0.481 e. The number of rotatable bonds is 3. The van der Waals surface area contributed by atoms with Crippen LogP contribution in [-0.4, -0.2) is 63.5 Å². The lowest BCUT2D eigenvalue weighted by molar-refractivity contribution is 0.0725. The monoisotopic (exact) mass is 385 g/mol. The molecule has 4 rings (SSSR count). The van der Waals surface area contributed by atoms with E-state index in [1.54, 1.807) is 30.9 Å². The molecule has 1 saturated heterocycles. The highest BCUT2D eigenvalue weighted by Gasteiger charge is 2.30. The Morgan fingerprint density at radius 1 is 1.30 bits per heavy atom. The highest BCUT2D eigenvalue weighted by molar-refractivity contribution is 7.16. The van der Waals surface area contributed by atoms with Crippen LogP contribution in [0.3, 0.4) is 0 Å². The molecule has 3 aromatic heterocycles. The molecule has 10 heteroatoms. The topological polar surface area (TPSA) is 110 Å². The SMILES string of the molecule is COc1ccc(C(=O)N2CCN(c3nc(N)nc4scnc34)[C@@H](C)C2)cn1. The molecule has 0 aromatic carbocycles. The van der Waals surface area contributed by atoms with Gasteiger partial charge < -0.3 is 20.3 Å². The summed E-state index contributed by atoms with van der Waals surface area (Å²) < 4.78 is 5.04. The van der Waals surface area contributed by atoms with Crippen molar-refractivity contribution >= 4 is 39.4 Å². The fraction of sp³-hybridized carbons (Fsp3) is 0.353. The summed E-state index contributed by atoms with van der Waals surface area (Å²) in [5, 5.41) is 0. The number of ether oxygens (including phenoxy) is 1. The molecule has 4 heterocycles. The van der Waals surface area contributed by atoms with Crippen molar-refractivity contribution in [1.29, 1.82) is 0 Å². The molecule has 0 spiro atoms. The maximum absolute atomic E-state index is 12.8. The van der Waals surface area contributed by atoms with Gasteiger partial charge in [0.2, 0.25) is 11.8 Å². The average Bonchev–Trinajstić information content (AvgIpc) is 3.15. The second kappa shape index (κ2) is 6.95. The van der Waals surface area contributed by atoms with E-state index in [2.05, 4.69) is 31.8 Å². The fourth-order valence-electron chi connectivity index (χ4n) is 3.23. The predicted octanol–water partition coefficient (Wildman–Crippen LogP) is 1.42. The summed E-state index contributed by atoms with van der Waals surface area (Å²) in [4.78, 5) is 34.6. The minimum Gasteiger partial charge on any atom is -0.481 e. The van der Waals surface area contributed by atoms with Gasteiger partial charge in [-0.25, -0.2) is 15.0 Å². The number of carbonyl (C=O) groups is 1. The number of hydrogen-bond acceptors (Lipinski definition) is 9. The van der Waals surface area contributed by atoms with E-state index in [9.17, 15) is 4.79 Å². The highest BCUT2D eigenvalue weighted by Crippen LogP contribution is 2.29. The Morgan fingerprint density at radius 3 is 2.85 bits per heavy atom. The molecule has 3 aromatic rings. The quantitative estimate of drug-likeness (QED) is 0.721. The normalized spacial score (nSPS) is 17.3. The molecule has 2 N–H and O–H groups in total. The first-order chi connectivity index (χ1) is 13.1. The number of aromatic nitrogens is 4. The van der Waals surface area contributed by atoms with Crippen molar-refractivity contribution in [3.63, 3.8) is 0 Å². The number of hydrogen-bond donors (Lipinski definition) is 1. The van der Waals surface area contributed by atoms with Gasteiger partial charge in [0.1, 0.15) is 5.52 Å². The molecule has 1 fully saturated rings. The van der Waals surface area contributed by atoms with Crippen molar-refractivity contribution in [2.24, 2.45) is 0 Å². The number of pyridine rings is 1. The Bertz CT molecular complexity index is 975. The number of amides is 1. The Hall–Kier alpha value is -3.01. The van der Waals surface area contributed by atoms with E-state index in [1.807, 2.05) is 4.90 Å². The van der Waals surface area contributed by atoms with E-state index >= 15 is 0 Å². The van der Waals surface area contributed by atoms with Crippen LogP contribution in [0.1, 0.15) is 17.3 Å². The van der Waals surface area contributed by atoms with Crippen molar-refractivity contribution < 1.29 is 9.53 Å².